The molecule has 2 N–H and O–H groups in total. The maximum atomic E-state index is 12.7. The van der Waals surface area contributed by atoms with Crippen molar-refractivity contribution >= 4 is 17.7 Å². The third-order valence-corrected chi connectivity index (χ3v) is 4.61. The van der Waals surface area contributed by atoms with Crippen molar-refractivity contribution in [3.8, 4) is 0 Å². The van der Waals surface area contributed by atoms with Crippen LogP contribution in [-0.2, 0) is 14.4 Å². The first-order valence-corrected chi connectivity index (χ1v) is 8.93. The normalized spacial score (nSPS) is 16.0. The number of carbonyl (C=O) groups is 3. The number of amides is 3. The molecule has 1 atom stereocenters. The molecule has 0 aromatic heterocycles. The molecule has 26 heavy (non-hydrogen) atoms. The molecule has 7 heteroatoms. The van der Waals surface area contributed by atoms with Crippen LogP contribution in [0.25, 0.3) is 0 Å². The first kappa shape index (κ1) is 19.9. The lowest BCUT2D eigenvalue weighted by Gasteiger charge is -2.35. The summed E-state index contributed by atoms with van der Waals surface area (Å²) < 4.78 is 0. The first-order valence-electron chi connectivity index (χ1n) is 8.93. The Morgan fingerprint density at radius 3 is 2.23 bits per heavy atom. The van der Waals surface area contributed by atoms with Crippen LogP contribution in [0.5, 0.6) is 0 Å². The average Bonchev–Trinajstić information content (AvgIpc) is 2.62. The molecule has 3 amide bonds. The minimum Gasteiger partial charge on any atom is -0.358 e. The van der Waals surface area contributed by atoms with Crippen LogP contribution in [0, 0.1) is 6.92 Å². The van der Waals surface area contributed by atoms with E-state index in [2.05, 4.69) is 10.6 Å². The number of aryl methyl sites for hydroxylation is 1. The SMILES string of the molecule is CNC(=O)CN1CCN(C(=O)CC(NC(C)=O)c2ccc(C)cc2)CC1. The second kappa shape index (κ2) is 9.33. The van der Waals surface area contributed by atoms with E-state index in [0.717, 1.165) is 11.1 Å². The van der Waals surface area contributed by atoms with Crippen molar-refractivity contribution in [2.75, 3.05) is 39.8 Å². The Morgan fingerprint density at radius 2 is 1.69 bits per heavy atom. The van der Waals surface area contributed by atoms with Crippen LogP contribution in [0.15, 0.2) is 24.3 Å². The molecule has 1 fully saturated rings. The number of hydrogen-bond donors (Lipinski definition) is 2. The van der Waals surface area contributed by atoms with Crippen molar-refractivity contribution in [3.63, 3.8) is 0 Å². The third kappa shape index (κ3) is 5.84. The van der Waals surface area contributed by atoms with Gasteiger partial charge in [0.05, 0.1) is 19.0 Å². The van der Waals surface area contributed by atoms with E-state index in [1.54, 1.807) is 7.05 Å². The molecule has 1 saturated heterocycles. The van der Waals surface area contributed by atoms with Crippen molar-refractivity contribution in [1.82, 2.24) is 20.4 Å². The standard InChI is InChI=1S/C19H28N4O3/c1-14-4-6-16(7-5-14)17(21-15(2)24)12-19(26)23-10-8-22(9-11-23)13-18(25)20-3/h4-7,17H,8-13H2,1-3H3,(H,20,25)(H,21,24). The van der Waals surface area contributed by atoms with Crippen LogP contribution < -0.4 is 10.6 Å². The highest BCUT2D eigenvalue weighted by Gasteiger charge is 2.25. The van der Waals surface area contributed by atoms with E-state index in [4.69, 9.17) is 0 Å². The maximum Gasteiger partial charge on any atom is 0.233 e. The number of benzene rings is 1. The van der Waals surface area contributed by atoms with E-state index in [-0.39, 0.29) is 30.2 Å². The number of nitrogens with one attached hydrogen (secondary N) is 2. The lowest BCUT2D eigenvalue weighted by molar-refractivity contribution is -0.134. The first-order chi connectivity index (χ1) is 12.4. The summed E-state index contributed by atoms with van der Waals surface area (Å²) >= 11 is 0. The van der Waals surface area contributed by atoms with Gasteiger partial charge in [-0.25, -0.2) is 0 Å². The number of piperazine rings is 1. The predicted molar refractivity (Wildman–Crippen MR) is 99.4 cm³/mol. The minimum atomic E-state index is -0.329. The molecule has 1 aromatic carbocycles. The van der Waals surface area contributed by atoms with E-state index in [1.165, 1.54) is 6.92 Å². The second-order valence-electron chi connectivity index (χ2n) is 6.70. The van der Waals surface area contributed by atoms with Crippen molar-refractivity contribution in [1.29, 1.82) is 0 Å². The summed E-state index contributed by atoms with van der Waals surface area (Å²) in [6.07, 6.45) is 0.234. The Hall–Kier alpha value is -2.41. The van der Waals surface area contributed by atoms with Gasteiger partial charge in [0, 0.05) is 40.2 Å². The maximum absolute atomic E-state index is 12.7. The summed E-state index contributed by atoms with van der Waals surface area (Å²) in [5.74, 6) is -0.155. The zero-order valence-corrected chi connectivity index (χ0v) is 15.7. The summed E-state index contributed by atoms with van der Waals surface area (Å²) in [6.45, 7) is 6.36. The molecule has 7 nitrogen and oxygen atoms in total. The summed E-state index contributed by atoms with van der Waals surface area (Å²) in [5.41, 5.74) is 2.06. The van der Waals surface area contributed by atoms with Crippen LogP contribution in [0.1, 0.15) is 30.5 Å². The summed E-state index contributed by atoms with van der Waals surface area (Å²) in [7, 11) is 1.62. The Labute approximate surface area is 154 Å². The van der Waals surface area contributed by atoms with Crippen molar-refractivity contribution in [2.45, 2.75) is 26.3 Å². The van der Waals surface area contributed by atoms with Gasteiger partial charge >= 0.3 is 0 Å². The lowest BCUT2D eigenvalue weighted by atomic mass is 10.0. The summed E-state index contributed by atoms with van der Waals surface area (Å²) in [4.78, 5) is 39.5. The monoisotopic (exact) mass is 360 g/mol. The molecule has 1 aliphatic rings. The van der Waals surface area contributed by atoms with Crippen LogP contribution in [0.2, 0.25) is 0 Å². The molecule has 0 saturated carbocycles. The fourth-order valence-electron chi connectivity index (χ4n) is 3.04. The van der Waals surface area contributed by atoms with Crippen molar-refractivity contribution in [3.05, 3.63) is 35.4 Å². The minimum absolute atomic E-state index is 0.0175. The predicted octanol–water partition coefficient (Wildman–Crippen LogP) is 0.453. The molecule has 0 spiro atoms. The van der Waals surface area contributed by atoms with Gasteiger partial charge in [-0.3, -0.25) is 19.3 Å². The van der Waals surface area contributed by atoms with Crippen molar-refractivity contribution < 1.29 is 14.4 Å². The van der Waals surface area contributed by atoms with Crippen LogP contribution in [0.4, 0.5) is 0 Å². The molecular formula is C19H28N4O3. The molecule has 142 valence electrons. The highest BCUT2D eigenvalue weighted by Crippen LogP contribution is 2.19. The molecule has 0 bridgehead atoms. The zero-order valence-electron chi connectivity index (χ0n) is 15.7. The zero-order chi connectivity index (χ0) is 19.1. The van der Waals surface area contributed by atoms with Gasteiger partial charge in [-0.2, -0.15) is 0 Å². The van der Waals surface area contributed by atoms with E-state index < -0.39 is 0 Å². The van der Waals surface area contributed by atoms with Gasteiger partial charge in [0.1, 0.15) is 0 Å². The topological polar surface area (TPSA) is 81.8 Å². The van der Waals surface area contributed by atoms with E-state index in [9.17, 15) is 14.4 Å². The number of carbonyl (C=O) groups excluding carboxylic acids is 3. The van der Waals surface area contributed by atoms with Crippen LogP contribution in [0.3, 0.4) is 0 Å². The van der Waals surface area contributed by atoms with Crippen molar-refractivity contribution in [2.24, 2.45) is 0 Å². The quantitative estimate of drug-likeness (QED) is 0.772. The van der Waals surface area contributed by atoms with E-state index in [1.807, 2.05) is 41.0 Å². The van der Waals surface area contributed by atoms with Gasteiger partial charge in [-0.15, -0.1) is 0 Å². The smallest absolute Gasteiger partial charge is 0.233 e. The Morgan fingerprint density at radius 1 is 1.08 bits per heavy atom. The summed E-state index contributed by atoms with van der Waals surface area (Å²) in [5, 5.41) is 5.49. The van der Waals surface area contributed by atoms with E-state index >= 15 is 0 Å². The molecule has 1 unspecified atom stereocenters. The van der Waals surface area contributed by atoms with Gasteiger partial charge in [-0.05, 0) is 12.5 Å². The molecule has 0 radical (unpaired) electrons. The van der Waals surface area contributed by atoms with Gasteiger partial charge in [0.2, 0.25) is 17.7 Å². The molecule has 1 aliphatic heterocycles. The number of nitrogens with zero attached hydrogens (tertiary/aromatic N) is 2. The highest BCUT2D eigenvalue weighted by molar-refractivity contribution is 5.79. The fourth-order valence-corrected chi connectivity index (χ4v) is 3.04. The Balaban J connectivity index is 1.94. The van der Waals surface area contributed by atoms with Gasteiger partial charge in [0.25, 0.3) is 0 Å². The Kier molecular flexibility index (Phi) is 7.15. The van der Waals surface area contributed by atoms with Crippen LogP contribution in [-0.4, -0.2) is 67.3 Å². The largest absolute Gasteiger partial charge is 0.358 e. The van der Waals surface area contributed by atoms with Crippen LogP contribution >= 0.6 is 0 Å². The molecule has 1 aromatic rings. The van der Waals surface area contributed by atoms with Gasteiger partial charge in [0.15, 0.2) is 0 Å². The number of rotatable bonds is 6. The average molecular weight is 360 g/mol. The number of hydrogen-bond acceptors (Lipinski definition) is 4. The fraction of sp³-hybridized carbons (Fsp3) is 0.526. The van der Waals surface area contributed by atoms with Gasteiger partial charge in [-0.1, -0.05) is 29.8 Å². The molecular weight excluding hydrogens is 332 g/mol. The molecule has 1 heterocycles. The molecule has 2 rings (SSSR count). The molecule has 0 aliphatic carbocycles. The van der Waals surface area contributed by atoms with Gasteiger partial charge < -0.3 is 15.5 Å². The Bertz CT molecular complexity index is 637. The second-order valence-corrected chi connectivity index (χ2v) is 6.70. The number of likely N-dealkylation sites (N-methyl/N-ethyl adjacent to an activating group) is 1. The summed E-state index contributed by atoms with van der Waals surface area (Å²) in [6, 6.07) is 7.53. The highest BCUT2D eigenvalue weighted by atomic mass is 16.2. The van der Waals surface area contributed by atoms with E-state index in [0.29, 0.717) is 32.7 Å². The lowest BCUT2D eigenvalue weighted by Crippen LogP contribution is -2.51. The third-order valence-electron chi connectivity index (χ3n) is 4.61.